The van der Waals surface area contributed by atoms with Crippen molar-refractivity contribution in [3.8, 4) is 6.07 Å². The van der Waals surface area contributed by atoms with Crippen LogP contribution in [0.25, 0.3) is 0 Å². The Hall–Kier alpha value is -1.31. The van der Waals surface area contributed by atoms with E-state index < -0.39 is 0 Å². The third kappa shape index (κ3) is 1.94. The summed E-state index contributed by atoms with van der Waals surface area (Å²) in [5, 5.41) is 13.0. The third-order valence-electron chi connectivity index (χ3n) is 3.89. The highest BCUT2D eigenvalue weighted by Crippen LogP contribution is 2.33. The Morgan fingerprint density at radius 2 is 2.39 bits per heavy atom. The van der Waals surface area contributed by atoms with Gasteiger partial charge in [-0.1, -0.05) is 11.6 Å². The Balaban J connectivity index is 1.86. The molecule has 2 fully saturated rings. The van der Waals surface area contributed by atoms with Crippen molar-refractivity contribution in [3.05, 3.63) is 22.8 Å². The van der Waals surface area contributed by atoms with Crippen molar-refractivity contribution in [1.29, 1.82) is 5.26 Å². The Kier molecular flexibility index (Phi) is 3.11. The fourth-order valence-electron chi connectivity index (χ4n) is 2.96. The van der Waals surface area contributed by atoms with E-state index >= 15 is 0 Å². The highest BCUT2D eigenvalue weighted by atomic mass is 35.5. The van der Waals surface area contributed by atoms with Gasteiger partial charge in [0.05, 0.1) is 5.56 Å². The number of nitrogens with one attached hydrogen (secondary N) is 1. The van der Waals surface area contributed by atoms with Gasteiger partial charge in [0, 0.05) is 25.3 Å². The maximum absolute atomic E-state index is 9.00. The second kappa shape index (κ2) is 4.75. The lowest BCUT2D eigenvalue weighted by molar-refractivity contribution is 0.340. The standard InChI is InChI=1S/C13H15ClN4/c14-12-9(6-15)3-5-17-13(12)18-7-10-2-1-4-16-11(10)8-18/h3,5,10-11,16H,1-2,4,7-8H2. The van der Waals surface area contributed by atoms with Crippen molar-refractivity contribution >= 4 is 17.4 Å². The highest BCUT2D eigenvalue weighted by molar-refractivity contribution is 6.34. The number of piperidine rings is 1. The molecule has 2 aliphatic heterocycles. The second-order valence-electron chi connectivity index (χ2n) is 4.98. The molecule has 1 aromatic rings. The molecule has 3 rings (SSSR count). The van der Waals surface area contributed by atoms with E-state index in [-0.39, 0.29) is 0 Å². The van der Waals surface area contributed by atoms with Gasteiger partial charge in [-0.3, -0.25) is 0 Å². The maximum Gasteiger partial charge on any atom is 0.148 e. The zero-order valence-corrected chi connectivity index (χ0v) is 10.8. The van der Waals surface area contributed by atoms with Crippen molar-refractivity contribution in [1.82, 2.24) is 10.3 Å². The molecule has 1 N–H and O–H groups in total. The van der Waals surface area contributed by atoms with E-state index in [4.69, 9.17) is 16.9 Å². The summed E-state index contributed by atoms with van der Waals surface area (Å²) < 4.78 is 0. The second-order valence-corrected chi connectivity index (χ2v) is 5.35. The lowest BCUT2D eigenvalue weighted by Crippen LogP contribution is -2.40. The number of nitrogens with zero attached hydrogens (tertiary/aromatic N) is 3. The zero-order valence-electron chi connectivity index (χ0n) is 10.1. The number of hydrogen-bond donors (Lipinski definition) is 1. The van der Waals surface area contributed by atoms with Crippen LogP contribution in [-0.4, -0.2) is 30.7 Å². The summed E-state index contributed by atoms with van der Waals surface area (Å²) in [6, 6.07) is 4.31. The van der Waals surface area contributed by atoms with Gasteiger partial charge in [-0.15, -0.1) is 0 Å². The van der Waals surface area contributed by atoms with Crippen LogP contribution < -0.4 is 10.2 Å². The van der Waals surface area contributed by atoms with Crippen molar-refractivity contribution in [3.63, 3.8) is 0 Å². The number of rotatable bonds is 1. The molecule has 0 saturated carbocycles. The lowest BCUT2D eigenvalue weighted by Gasteiger charge is -2.24. The molecular formula is C13H15ClN4. The average Bonchev–Trinajstić information content (AvgIpc) is 2.82. The fourth-order valence-corrected chi connectivity index (χ4v) is 3.23. The molecule has 0 aromatic carbocycles. The molecule has 94 valence electrons. The van der Waals surface area contributed by atoms with Gasteiger partial charge in [-0.2, -0.15) is 5.26 Å². The quantitative estimate of drug-likeness (QED) is 0.839. The topological polar surface area (TPSA) is 52.0 Å². The van der Waals surface area contributed by atoms with Crippen LogP contribution in [0.1, 0.15) is 18.4 Å². The molecule has 2 aliphatic rings. The van der Waals surface area contributed by atoms with Gasteiger partial charge in [-0.25, -0.2) is 4.98 Å². The number of anilines is 1. The SMILES string of the molecule is N#Cc1ccnc(N2CC3CCCNC3C2)c1Cl. The van der Waals surface area contributed by atoms with Crippen LogP contribution in [0.5, 0.6) is 0 Å². The molecule has 4 nitrogen and oxygen atoms in total. The predicted molar refractivity (Wildman–Crippen MR) is 70.7 cm³/mol. The predicted octanol–water partition coefficient (Wildman–Crippen LogP) is 1.79. The van der Waals surface area contributed by atoms with Gasteiger partial charge in [0.1, 0.15) is 16.9 Å². The number of pyridine rings is 1. The van der Waals surface area contributed by atoms with Crippen LogP contribution >= 0.6 is 11.6 Å². The summed E-state index contributed by atoms with van der Waals surface area (Å²) in [7, 11) is 0. The normalized spacial score (nSPS) is 26.8. The van der Waals surface area contributed by atoms with Crippen LogP contribution in [-0.2, 0) is 0 Å². The van der Waals surface area contributed by atoms with Crippen molar-refractivity contribution < 1.29 is 0 Å². The highest BCUT2D eigenvalue weighted by Gasteiger charge is 2.35. The first kappa shape index (κ1) is 11.8. The molecule has 0 radical (unpaired) electrons. The van der Waals surface area contributed by atoms with E-state index in [9.17, 15) is 0 Å². The minimum absolute atomic E-state index is 0.485. The van der Waals surface area contributed by atoms with Crippen LogP contribution in [0.15, 0.2) is 12.3 Å². The maximum atomic E-state index is 9.00. The van der Waals surface area contributed by atoms with Crippen LogP contribution in [0.3, 0.4) is 0 Å². The van der Waals surface area contributed by atoms with Gasteiger partial charge >= 0.3 is 0 Å². The number of halogens is 1. The molecule has 0 aliphatic carbocycles. The summed E-state index contributed by atoms with van der Waals surface area (Å²) in [4.78, 5) is 6.55. The largest absolute Gasteiger partial charge is 0.353 e. The first-order valence-corrected chi connectivity index (χ1v) is 6.70. The molecule has 0 amide bonds. The summed E-state index contributed by atoms with van der Waals surface area (Å²) in [5.41, 5.74) is 0.504. The van der Waals surface area contributed by atoms with E-state index in [0.29, 0.717) is 22.5 Å². The number of aromatic nitrogens is 1. The summed E-state index contributed by atoms with van der Waals surface area (Å²) in [5.74, 6) is 1.44. The minimum atomic E-state index is 0.485. The van der Waals surface area contributed by atoms with Crippen LogP contribution in [0.4, 0.5) is 5.82 Å². The Morgan fingerprint density at radius 3 is 3.17 bits per heavy atom. The van der Waals surface area contributed by atoms with Crippen molar-refractivity contribution in [2.45, 2.75) is 18.9 Å². The Labute approximate surface area is 112 Å². The Bertz CT molecular complexity index is 482. The van der Waals surface area contributed by atoms with E-state index in [1.807, 2.05) is 0 Å². The molecule has 1 aromatic heterocycles. The smallest absolute Gasteiger partial charge is 0.148 e. The summed E-state index contributed by atoms with van der Waals surface area (Å²) in [6.07, 6.45) is 4.17. The Morgan fingerprint density at radius 1 is 1.50 bits per heavy atom. The first-order chi connectivity index (χ1) is 8.79. The van der Waals surface area contributed by atoms with E-state index in [1.54, 1.807) is 12.3 Å². The van der Waals surface area contributed by atoms with E-state index in [0.717, 1.165) is 25.5 Å². The monoisotopic (exact) mass is 262 g/mol. The van der Waals surface area contributed by atoms with Gasteiger partial charge in [0.2, 0.25) is 0 Å². The molecule has 2 saturated heterocycles. The molecule has 2 unspecified atom stereocenters. The summed E-state index contributed by atoms with van der Waals surface area (Å²) >= 11 is 6.24. The molecule has 0 spiro atoms. The number of fused-ring (bicyclic) bond motifs is 1. The lowest BCUT2D eigenvalue weighted by atomic mass is 9.94. The first-order valence-electron chi connectivity index (χ1n) is 6.32. The number of nitriles is 1. The van der Waals surface area contributed by atoms with Gasteiger partial charge in [-0.05, 0) is 31.4 Å². The van der Waals surface area contributed by atoms with E-state index in [2.05, 4.69) is 21.3 Å². The molecule has 3 heterocycles. The summed E-state index contributed by atoms with van der Waals surface area (Å²) in [6.45, 7) is 3.03. The van der Waals surface area contributed by atoms with Crippen LogP contribution in [0, 0.1) is 17.2 Å². The zero-order chi connectivity index (χ0) is 12.5. The molecule has 0 bridgehead atoms. The van der Waals surface area contributed by atoms with Gasteiger partial charge in [0.25, 0.3) is 0 Å². The average molecular weight is 263 g/mol. The van der Waals surface area contributed by atoms with E-state index in [1.165, 1.54) is 12.8 Å². The fraction of sp³-hybridized carbons (Fsp3) is 0.538. The molecule has 2 atom stereocenters. The van der Waals surface area contributed by atoms with Gasteiger partial charge < -0.3 is 10.2 Å². The minimum Gasteiger partial charge on any atom is -0.353 e. The molecule has 5 heteroatoms. The van der Waals surface area contributed by atoms with Crippen LogP contribution in [0.2, 0.25) is 5.02 Å². The number of hydrogen-bond acceptors (Lipinski definition) is 4. The molecular weight excluding hydrogens is 248 g/mol. The molecule has 18 heavy (non-hydrogen) atoms. The van der Waals surface area contributed by atoms with Crippen molar-refractivity contribution in [2.24, 2.45) is 5.92 Å². The third-order valence-corrected chi connectivity index (χ3v) is 4.26. The van der Waals surface area contributed by atoms with Crippen molar-refractivity contribution in [2.75, 3.05) is 24.5 Å². The van der Waals surface area contributed by atoms with Gasteiger partial charge in [0.15, 0.2) is 0 Å².